The van der Waals surface area contributed by atoms with Gasteiger partial charge in [-0.25, -0.2) is 0 Å². The highest BCUT2D eigenvalue weighted by atomic mass is 32.2. The second kappa shape index (κ2) is 6.46. The third-order valence-corrected chi connectivity index (χ3v) is 5.01. The number of aliphatic hydroxyl groups is 1. The number of nitrogens with zero attached hydrogens (tertiary/aromatic N) is 2. The fraction of sp³-hybridized carbons (Fsp3) is 0.286. The Morgan fingerprint density at radius 1 is 1.38 bits per heavy atom. The first-order chi connectivity index (χ1) is 10.2. The molecule has 0 bridgehead atoms. The molecule has 0 aliphatic heterocycles. The second-order valence-corrected chi connectivity index (χ2v) is 7.01. The van der Waals surface area contributed by atoms with Crippen LogP contribution >= 0.6 is 23.1 Å². The van der Waals surface area contributed by atoms with Gasteiger partial charge in [0.05, 0.1) is 6.10 Å². The first kappa shape index (κ1) is 14.4. The lowest BCUT2D eigenvalue weighted by molar-refractivity contribution is 0.127. The minimum atomic E-state index is -0.548. The SMILES string of the molecule is Cc1nnc(SC[C@@H](O)COc2cccc3[nH]ccc23)s1. The molecule has 7 heteroatoms. The number of hydrogen-bond acceptors (Lipinski definition) is 6. The Hall–Kier alpha value is -1.57. The van der Waals surface area contributed by atoms with Crippen molar-refractivity contribution >= 4 is 34.0 Å². The smallest absolute Gasteiger partial charge is 0.174 e. The van der Waals surface area contributed by atoms with Crippen LogP contribution in [0.5, 0.6) is 5.75 Å². The zero-order chi connectivity index (χ0) is 14.7. The van der Waals surface area contributed by atoms with Crippen molar-refractivity contribution in [2.45, 2.75) is 17.4 Å². The normalized spacial score (nSPS) is 12.7. The third kappa shape index (κ3) is 3.55. The van der Waals surface area contributed by atoms with Gasteiger partial charge >= 0.3 is 0 Å². The van der Waals surface area contributed by atoms with E-state index in [4.69, 9.17) is 4.74 Å². The highest BCUT2D eigenvalue weighted by Crippen LogP contribution is 2.25. The average Bonchev–Trinajstić information content (AvgIpc) is 3.11. The summed E-state index contributed by atoms with van der Waals surface area (Å²) in [6.45, 7) is 2.17. The number of aromatic amines is 1. The van der Waals surface area contributed by atoms with Crippen molar-refractivity contribution in [2.75, 3.05) is 12.4 Å². The molecular formula is C14H15N3O2S2. The zero-order valence-corrected chi connectivity index (χ0v) is 13.1. The van der Waals surface area contributed by atoms with Crippen LogP contribution < -0.4 is 4.74 Å². The van der Waals surface area contributed by atoms with Gasteiger partial charge in [-0.15, -0.1) is 10.2 Å². The first-order valence-corrected chi connectivity index (χ1v) is 8.32. The number of thioether (sulfide) groups is 1. The molecule has 3 aromatic rings. The van der Waals surface area contributed by atoms with Crippen LogP contribution in [0.25, 0.3) is 10.9 Å². The van der Waals surface area contributed by atoms with Crippen molar-refractivity contribution in [3.8, 4) is 5.75 Å². The van der Waals surface area contributed by atoms with Crippen molar-refractivity contribution in [1.29, 1.82) is 0 Å². The predicted octanol–water partition coefficient (Wildman–Crippen LogP) is 2.86. The predicted molar refractivity (Wildman–Crippen MR) is 85.2 cm³/mol. The van der Waals surface area contributed by atoms with Gasteiger partial charge in [0.15, 0.2) is 4.34 Å². The number of fused-ring (bicyclic) bond motifs is 1. The fourth-order valence-electron chi connectivity index (χ4n) is 1.92. The van der Waals surface area contributed by atoms with Crippen molar-refractivity contribution in [3.63, 3.8) is 0 Å². The van der Waals surface area contributed by atoms with Crippen LogP contribution in [0, 0.1) is 6.92 Å². The molecule has 3 rings (SSSR count). The Morgan fingerprint density at radius 3 is 3.10 bits per heavy atom. The van der Waals surface area contributed by atoms with Crippen LogP contribution in [0.2, 0.25) is 0 Å². The Kier molecular flexibility index (Phi) is 4.42. The molecule has 2 heterocycles. The number of aryl methyl sites for hydroxylation is 1. The first-order valence-electron chi connectivity index (χ1n) is 6.52. The summed E-state index contributed by atoms with van der Waals surface area (Å²) in [6.07, 6.45) is 1.33. The molecule has 0 saturated carbocycles. The number of aromatic nitrogens is 3. The van der Waals surface area contributed by atoms with E-state index in [2.05, 4.69) is 15.2 Å². The maximum absolute atomic E-state index is 10.0. The molecule has 1 atom stereocenters. The molecule has 2 aromatic heterocycles. The van der Waals surface area contributed by atoms with Gasteiger partial charge in [-0.2, -0.15) is 0 Å². The van der Waals surface area contributed by atoms with E-state index < -0.39 is 6.10 Å². The van der Waals surface area contributed by atoms with Crippen LogP contribution in [-0.4, -0.2) is 38.8 Å². The lowest BCUT2D eigenvalue weighted by atomic mass is 10.2. The van der Waals surface area contributed by atoms with Crippen LogP contribution in [0.15, 0.2) is 34.8 Å². The molecular weight excluding hydrogens is 306 g/mol. The van der Waals surface area contributed by atoms with Crippen molar-refractivity contribution < 1.29 is 9.84 Å². The third-order valence-electron chi connectivity index (χ3n) is 2.89. The highest BCUT2D eigenvalue weighted by molar-refractivity contribution is 8.01. The van der Waals surface area contributed by atoms with Gasteiger partial charge in [0, 0.05) is 22.9 Å². The number of benzene rings is 1. The number of ether oxygens (including phenoxy) is 1. The molecule has 0 amide bonds. The van der Waals surface area contributed by atoms with E-state index >= 15 is 0 Å². The van der Waals surface area contributed by atoms with Crippen molar-refractivity contribution in [2.24, 2.45) is 0 Å². The molecule has 0 saturated heterocycles. The average molecular weight is 321 g/mol. The van der Waals surface area contributed by atoms with Crippen LogP contribution in [0.4, 0.5) is 0 Å². The minimum absolute atomic E-state index is 0.259. The molecule has 110 valence electrons. The van der Waals surface area contributed by atoms with E-state index in [-0.39, 0.29) is 6.61 Å². The summed E-state index contributed by atoms with van der Waals surface area (Å²) in [6, 6.07) is 7.80. The Morgan fingerprint density at radius 2 is 2.29 bits per heavy atom. The zero-order valence-electron chi connectivity index (χ0n) is 11.4. The maximum atomic E-state index is 10.0. The standard InChI is InChI=1S/C14H15N3O2S2/c1-9-16-17-14(21-9)20-8-10(18)7-19-13-4-2-3-12-11(13)5-6-15-12/h2-6,10,15,18H,7-8H2,1H3/t10-/m0/s1. The minimum Gasteiger partial charge on any atom is -0.490 e. The van der Waals surface area contributed by atoms with Gasteiger partial charge in [-0.05, 0) is 25.1 Å². The molecule has 0 unspecified atom stereocenters. The van der Waals surface area contributed by atoms with E-state index in [1.54, 1.807) is 0 Å². The number of H-pyrrole nitrogens is 1. The van der Waals surface area contributed by atoms with E-state index in [1.807, 2.05) is 37.4 Å². The molecule has 0 aliphatic carbocycles. The summed E-state index contributed by atoms with van der Waals surface area (Å²) < 4.78 is 6.59. The Balaban J connectivity index is 1.53. The lowest BCUT2D eigenvalue weighted by Gasteiger charge is -2.12. The molecule has 0 fully saturated rings. The van der Waals surface area contributed by atoms with E-state index in [1.165, 1.54) is 23.1 Å². The molecule has 1 aromatic carbocycles. The largest absolute Gasteiger partial charge is 0.490 e. The molecule has 21 heavy (non-hydrogen) atoms. The second-order valence-electron chi connectivity index (χ2n) is 4.56. The van der Waals surface area contributed by atoms with Crippen LogP contribution in [0.3, 0.4) is 0 Å². The van der Waals surface area contributed by atoms with Gasteiger partial charge in [0.25, 0.3) is 0 Å². The van der Waals surface area contributed by atoms with Crippen LogP contribution in [-0.2, 0) is 0 Å². The summed E-state index contributed by atoms with van der Waals surface area (Å²) in [7, 11) is 0. The number of hydrogen-bond donors (Lipinski definition) is 2. The van der Waals surface area contributed by atoms with Crippen molar-refractivity contribution in [3.05, 3.63) is 35.5 Å². The molecule has 0 spiro atoms. The summed E-state index contributed by atoms with van der Waals surface area (Å²) in [4.78, 5) is 3.14. The maximum Gasteiger partial charge on any atom is 0.174 e. The Labute approximate surface area is 130 Å². The molecule has 2 N–H and O–H groups in total. The topological polar surface area (TPSA) is 71.0 Å². The summed E-state index contributed by atoms with van der Waals surface area (Å²) >= 11 is 3.03. The summed E-state index contributed by atoms with van der Waals surface area (Å²) in [5, 5.41) is 19.9. The number of rotatable bonds is 6. The van der Waals surface area contributed by atoms with Gasteiger partial charge in [-0.3, -0.25) is 0 Å². The summed E-state index contributed by atoms with van der Waals surface area (Å²) in [5.74, 6) is 1.32. The Bertz CT molecular complexity index is 726. The number of aliphatic hydroxyl groups excluding tert-OH is 1. The van der Waals surface area contributed by atoms with Gasteiger partial charge in [0.2, 0.25) is 0 Å². The van der Waals surface area contributed by atoms with Crippen LogP contribution in [0.1, 0.15) is 5.01 Å². The summed E-state index contributed by atoms with van der Waals surface area (Å²) in [5.41, 5.74) is 1.03. The van der Waals surface area contributed by atoms with Gasteiger partial charge < -0.3 is 14.8 Å². The van der Waals surface area contributed by atoms with E-state index in [0.29, 0.717) is 5.75 Å². The number of nitrogens with one attached hydrogen (secondary N) is 1. The quantitative estimate of drug-likeness (QED) is 0.683. The fourth-order valence-corrected chi connectivity index (χ4v) is 3.67. The van der Waals surface area contributed by atoms with Gasteiger partial charge in [-0.1, -0.05) is 29.2 Å². The van der Waals surface area contributed by atoms with E-state index in [9.17, 15) is 5.11 Å². The molecule has 0 radical (unpaired) electrons. The van der Waals surface area contributed by atoms with Crippen molar-refractivity contribution in [1.82, 2.24) is 15.2 Å². The molecule has 5 nitrogen and oxygen atoms in total. The molecule has 0 aliphatic rings. The van der Waals surface area contributed by atoms with Gasteiger partial charge in [0.1, 0.15) is 17.4 Å². The van der Waals surface area contributed by atoms with E-state index in [0.717, 1.165) is 26.0 Å². The highest BCUT2D eigenvalue weighted by Gasteiger charge is 2.10. The monoisotopic (exact) mass is 321 g/mol. The lowest BCUT2D eigenvalue weighted by Crippen LogP contribution is -2.20.